The highest BCUT2D eigenvalue weighted by molar-refractivity contribution is 7.89. The number of rotatable bonds is 7. The van der Waals surface area contributed by atoms with Crippen LogP contribution in [0.3, 0.4) is 0 Å². The van der Waals surface area contributed by atoms with Crippen LogP contribution in [0.4, 0.5) is 0 Å². The van der Waals surface area contributed by atoms with Crippen LogP contribution in [0, 0.1) is 0 Å². The van der Waals surface area contributed by atoms with E-state index >= 15 is 0 Å². The zero-order valence-corrected chi connectivity index (χ0v) is 12.2. The Morgan fingerprint density at radius 3 is 2.42 bits per heavy atom. The molecule has 0 amide bonds. The number of aryl methyl sites for hydroxylation is 1. The third-order valence-corrected chi connectivity index (χ3v) is 5.09. The molecule has 1 aliphatic rings. The van der Waals surface area contributed by atoms with Crippen molar-refractivity contribution in [2.24, 2.45) is 0 Å². The van der Waals surface area contributed by atoms with Crippen LogP contribution in [-0.4, -0.2) is 28.1 Å². The van der Waals surface area contributed by atoms with Gasteiger partial charge in [-0.05, 0) is 57.0 Å². The Morgan fingerprint density at radius 2 is 1.89 bits per heavy atom. The molecule has 0 spiro atoms. The second-order valence-electron chi connectivity index (χ2n) is 5.10. The molecule has 4 nitrogen and oxygen atoms in total. The van der Waals surface area contributed by atoms with Crippen LogP contribution in [-0.2, 0) is 16.4 Å². The molecule has 2 rings (SSSR count). The van der Waals surface area contributed by atoms with Gasteiger partial charge in [0, 0.05) is 6.04 Å². The first-order chi connectivity index (χ1) is 9.12. The minimum atomic E-state index is -3.32. The fourth-order valence-electron chi connectivity index (χ4n) is 2.12. The zero-order valence-electron chi connectivity index (χ0n) is 11.4. The molecular formula is C14H22N2O2S. The van der Waals surface area contributed by atoms with Gasteiger partial charge in [-0.1, -0.05) is 18.6 Å². The van der Waals surface area contributed by atoms with Gasteiger partial charge in [0.05, 0.1) is 4.90 Å². The quantitative estimate of drug-likeness (QED) is 0.748. The lowest BCUT2D eigenvalue weighted by Gasteiger charge is -2.26. The molecule has 5 heteroatoms. The van der Waals surface area contributed by atoms with Gasteiger partial charge < -0.3 is 5.32 Å². The average molecular weight is 282 g/mol. The van der Waals surface area contributed by atoms with E-state index in [-0.39, 0.29) is 6.04 Å². The van der Waals surface area contributed by atoms with Crippen LogP contribution in [0.2, 0.25) is 0 Å². The normalized spacial score (nSPS) is 16.3. The van der Waals surface area contributed by atoms with E-state index in [0.717, 1.165) is 38.6 Å². The molecule has 0 saturated heterocycles. The standard InChI is InChI=1S/C14H22N2O2S/c1-15-11-3-4-12-7-9-14(10-8-12)19(17,18)16-13-5-2-6-13/h7-10,13,15-16H,2-6,11H2,1H3. The van der Waals surface area contributed by atoms with Crippen molar-refractivity contribution in [2.45, 2.75) is 43.0 Å². The van der Waals surface area contributed by atoms with E-state index in [1.54, 1.807) is 12.1 Å². The Morgan fingerprint density at radius 1 is 1.21 bits per heavy atom. The fraction of sp³-hybridized carbons (Fsp3) is 0.571. The Kier molecular flexibility index (Phi) is 4.96. The van der Waals surface area contributed by atoms with Gasteiger partial charge in [-0.25, -0.2) is 13.1 Å². The molecular weight excluding hydrogens is 260 g/mol. The molecule has 0 atom stereocenters. The van der Waals surface area contributed by atoms with E-state index in [0.29, 0.717) is 4.90 Å². The van der Waals surface area contributed by atoms with Crippen molar-refractivity contribution in [2.75, 3.05) is 13.6 Å². The van der Waals surface area contributed by atoms with Gasteiger partial charge in [0.25, 0.3) is 0 Å². The summed E-state index contributed by atoms with van der Waals surface area (Å²) in [6.45, 7) is 0.975. The molecule has 0 radical (unpaired) electrons. The maximum Gasteiger partial charge on any atom is 0.240 e. The molecule has 1 aromatic rings. The Labute approximate surface area is 115 Å². The molecule has 0 aliphatic heterocycles. The lowest BCUT2D eigenvalue weighted by Crippen LogP contribution is -2.39. The van der Waals surface area contributed by atoms with Gasteiger partial charge in [-0.2, -0.15) is 0 Å². The second-order valence-corrected chi connectivity index (χ2v) is 6.81. The summed E-state index contributed by atoms with van der Waals surface area (Å²) in [7, 11) is -1.39. The minimum absolute atomic E-state index is 0.139. The highest BCUT2D eigenvalue weighted by Crippen LogP contribution is 2.21. The largest absolute Gasteiger partial charge is 0.320 e. The Bertz CT molecular complexity index is 493. The average Bonchev–Trinajstić information content (AvgIpc) is 2.35. The maximum atomic E-state index is 12.1. The van der Waals surface area contributed by atoms with Crippen LogP contribution in [0.5, 0.6) is 0 Å². The first-order valence-electron chi connectivity index (χ1n) is 6.88. The molecule has 1 aromatic carbocycles. The van der Waals surface area contributed by atoms with Crippen molar-refractivity contribution in [1.29, 1.82) is 0 Å². The molecule has 1 fully saturated rings. The smallest absolute Gasteiger partial charge is 0.240 e. The minimum Gasteiger partial charge on any atom is -0.320 e. The summed E-state index contributed by atoms with van der Waals surface area (Å²) in [5.41, 5.74) is 1.18. The summed E-state index contributed by atoms with van der Waals surface area (Å²) in [5, 5.41) is 3.10. The monoisotopic (exact) mass is 282 g/mol. The second kappa shape index (κ2) is 6.50. The van der Waals surface area contributed by atoms with Crippen molar-refractivity contribution < 1.29 is 8.42 Å². The lowest BCUT2D eigenvalue weighted by atomic mass is 9.94. The number of nitrogens with one attached hydrogen (secondary N) is 2. The fourth-order valence-corrected chi connectivity index (χ4v) is 3.42. The predicted octanol–water partition coefficient (Wildman–Crippen LogP) is 1.67. The molecule has 0 aromatic heterocycles. The topological polar surface area (TPSA) is 58.2 Å². The molecule has 1 saturated carbocycles. The van der Waals surface area contributed by atoms with Crippen LogP contribution in [0.25, 0.3) is 0 Å². The van der Waals surface area contributed by atoms with Crippen molar-refractivity contribution in [3.63, 3.8) is 0 Å². The molecule has 2 N–H and O–H groups in total. The summed E-state index contributed by atoms with van der Waals surface area (Å²) in [4.78, 5) is 0.372. The number of sulfonamides is 1. The van der Waals surface area contributed by atoms with E-state index < -0.39 is 10.0 Å². The van der Waals surface area contributed by atoms with Gasteiger partial charge in [-0.15, -0.1) is 0 Å². The van der Waals surface area contributed by atoms with E-state index in [1.807, 2.05) is 19.2 Å². The van der Waals surface area contributed by atoms with Gasteiger partial charge in [0.2, 0.25) is 10.0 Å². The van der Waals surface area contributed by atoms with Gasteiger partial charge in [-0.3, -0.25) is 0 Å². The van der Waals surface area contributed by atoms with Gasteiger partial charge >= 0.3 is 0 Å². The van der Waals surface area contributed by atoms with E-state index in [1.165, 1.54) is 5.56 Å². The van der Waals surface area contributed by atoms with E-state index in [2.05, 4.69) is 10.0 Å². The van der Waals surface area contributed by atoms with Crippen molar-refractivity contribution in [3.05, 3.63) is 29.8 Å². The Balaban J connectivity index is 1.96. The number of hydrogen-bond donors (Lipinski definition) is 2. The highest BCUT2D eigenvalue weighted by Gasteiger charge is 2.24. The van der Waals surface area contributed by atoms with Crippen LogP contribution < -0.4 is 10.0 Å². The first kappa shape index (κ1) is 14.5. The maximum absolute atomic E-state index is 12.1. The summed E-state index contributed by atoms with van der Waals surface area (Å²) in [5.74, 6) is 0. The summed E-state index contributed by atoms with van der Waals surface area (Å²) < 4.78 is 26.9. The predicted molar refractivity (Wildman–Crippen MR) is 76.7 cm³/mol. The third-order valence-electron chi connectivity index (χ3n) is 3.55. The molecule has 19 heavy (non-hydrogen) atoms. The Hall–Kier alpha value is -0.910. The van der Waals surface area contributed by atoms with Crippen LogP contribution in [0.15, 0.2) is 29.2 Å². The first-order valence-corrected chi connectivity index (χ1v) is 8.36. The molecule has 0 unspecified atom stereocenters. The summed E-state index contributed by atoms with van der Waals surface area (Å²) in [6.07, 6.45) is 5.07. The molecule has 106 valence electrons. The van der Waals surface area contributed by atoms with Crippen molar-refractivity contribution in [3.8, 4) is 0 Å². The molecule has 1 aliphatic carbocycles. The SMILES string of the molecule is CNCCCc1ccc(S(=O)(=O)NC2CCC2)cc1. The van der Waals surface area contributed by atoms with E-state index in [4.69, 9.17) is 0 Å². The van der Waals surface area contributed by atoms with E-state index in [9.17, 15) is 8.42 Å². The van der Waals surface area contributed by atoms with Gasteiger partial charge in [0.15, 0.2) is 0 Å². The third kappa shape index (κ3) is 4.03. The molecule has 0 heterocycles. The summed E-state index contributed by atoms with van der Waals surface area (Å²) in [6, 6.07) is 7.36. The zero-order chi connectivity index (χ0) is 13.7. The van der Waals surface area contributed by atoms with Crippen LogP contribution in [0.1, 0.15) is 31.2 Å². The van der Waals surface area contributed by atoms with Crippen LogP contribution >= 0.6 is 0 Å². The molecule has 0 bridgehead atoms. The van der Waals surface area contributed by atoms with Crippen molar-refractivity contribution >= 4 is 10.0 Å². The highest BCUT2D eigenvalue weighted by atomic mass is 32.2. The number of hydrogen-bond acceptors (Lipinski definition) is 3. The number of benzene rings is 1. The van der Waals surface area contributed by atoms with Crippen molar-refractivity contribution in [1.82, 2.24) is 10.0 Å². The van der Waals surface area contributed by atoms with Gasteiger partial charge in [0.1, 0.15) is 0 Å². The lowest BCUT2D eigenvalue weighted by molar-refractivity contribution is 0.383. The summed E-state index contributed by atoms with van der Waals surface area (Å²) >= 11 is 0.